The molecule has 0 N–H and O–H groups in total. The number of para-hydroxylation sites is 2. The van der Waals surface area contributed by atoms with E-state index in [0.717, 1.165) is 43.6 Å². The number of halogens is 3. The molecule has 4 rings (SSSR count). The summed E-state index contributed by atoms with van der Waals surface area (Å²) in [5, 5.41) is -0.134. The van der Waals surface area contributed by atoms with E-state index in [4.69, 9.17) is 4.74 Å². The average Bonchev–Trinajstić information content (AvgIpc) is 3.27. The molecule has 3 aromatic rings. The second-order valence-corrected chi connectivity index (χ2v) is 8.41. The lowest BCUT2D eigenvalue weighted by Crippen LogP contribution is -2.19. The number of aromatic nitrogens is 2. The Kier molecular flexibility index (Phi) is 6.36. The Hall–Kier alpha value is -2.74. The van der Waals surface area contributed by atoms with E-state index in [0.29, 0.717) is 16.3 Å². The number of rotatable bonds is 6. The van der Waals surface area contributed by atoms with Gasteiger partial charge in [0.15, 0.2) is 0 Å². The molecule has 0 unspecified atom stereocenters. The van der Waals surface area contributed by atoms with Gasteiger partial charge in [-0.2, -0.15) is 13.2 Å². The molecule has 1 saturated carbocycles. The molecule has 1 aromatic heterocycles. The van der Waals surface area contributed by atoms with Gasteiger partial charge in [-0.25, -0.2) is 9.97 Å². The monoisotopic (exact) mass is 445 g/mol. The lowest BCUT2D eigenvalue weighted by molar-refractivity contribution is -0.140. The highest BCUT2D eigenvalue weighted by Gasteiger charge is 2.36. The summed E-state index contributed by atoms with van der Waals surface area (Å²) in [6.07, 6.45) is 0.768. The first-order chi connectivity index (χ1) is 14.9. The van der Waals surface area contributed by atoms with Gasteiger partial charge in [0, 0.05) is 18.1 Å². The van der Waals surface area contributed by atoms with E-state index >= 15 is 0 Å². The maximum Gasteiger partial charge on any atom is 0.420 e. The number of hydrogen-bond acceptors (Lipinski definition) is 5. The second kappa shape index (κ2) is 9.18. The van der Waals surface area contributed by atoms with Gasteiger partial charge >= 0.3 is 6.18 Å². The molecular formula is C23H22F3N3OS. The molecule has 2 aromatic carbocycles. The number of hydrogen-bond donors (Lipinski definition) is 0. The van der Waals surface area contributed by atoms with Crippen molar-refractivity contribution in [3.63, 3.8) is 0 Å². The topological polar surface area (TPSA) is 38.2 Å². The van der Waals surface area contributed by atoms with Crippen LogP contribution in [0.5, 0.6) is 5.75 Å². The highest BCUT2D eigenvalue weighted by atomic mass is 32.2. The third kappa shape index (κ3) is 5.12. The van der Waals surface area contributed by atoms with E-state index in [1.807, 2.05) is 30.3 Å². The molecule has 0 spiro atoms. The van der Waals surface area contributed by atoms with Crippen LogP contribution >= 0.6 is 11.8 Å². The molecule has 0 saturated heterocycles. The van der Waals surface area contributed by atoms with Gasteiger partial charge in [0.05, 0.1) is 11.8 Å². The fraction of sp³-hybridized carbons (Fsp3) is 0.304. The number of nitrogens with zero attached hydrogens (tertiary/aromatic N) is 3. The van der Waals surface area contributed by atoms with Crippen molar-refractivity contribution in [3.05, 3.63) is 66.4 Å². The SMILES string of the molecule is CN(c1ncc(C(F)(F)F)c(Sc2ccccc2)n1)c1ccccc1OC1CCCC1. The van der Waals surface area contributed by atoms with E-state index < -0.39 is 11.7 Å². The van der Waals surface area contributed by atoms with Crippen molar-refractivity contribution in [2.45, 2.75) is 47.9 Å². The largest absolute Gasteiger partial charge is 0.488 e. The average molecular weight is 446 g/mol. The summed E-state index contributed by atoms with van der Waals surface area (Å²) in [6.45, 7) is 0. The Morgan fingerprint density at radius 1 is 1.00 bits per heavy atom. The van der Waals surface area contributed by atoms with Gasteiger partial charge in [0.1, 0.15) is 16.3 Å². The van der Waals surface area contributed by atoms with Crippen LogP contribution in [0.15, 0.2) is 70.7 Å². The lowest BCUT2D eigenvalue weighted by Gasteiger charge is -2.23. The molecule has 4 nitrogen and oxygen atoms in total. The molecule has 1 aliphatic carbocycles. The molecule has 0 amide bonds. The number of benzene rings is 2. The van der Waals surface area contributed by atoms with Crippen LogP contribution in [0.25, 0.3) is 0 Å². The van der Waals surface area contributed by atoms with Gasteiger partial charge in [-0.3, -0.25) is 0 Å². The maximum absolute atomic E-state index is 13.6. The van der Waals surface area contributed by atoms with Crippen LogP contribution in [0.4, 0.5) is 24.8 Å². The smallest absolute Gasteiger partial charge is 0.420 e. The van der Waals surface area contributed by atoms with E-state index in [1.54, 1.807) is 36.2 Å². The first kappa shape index (κ1) is 21.5. The Balaban J connectivity index is 1.67. The molecule has 1 fully saturated rings. The minimum atomic E-state index is -4.54. The molecule has 0 atom stereocenters. The first-order valence-corrected chi connectivity index (χ1v) is 10.9. The van der Waals surface area contributed by atoms with Crippen molar-refractivity contribution < 1.29 is 17.9 Å². The summed E-state index contributed by atoms with van der Waals surface area (Å²) >= 11 is 0.969. The predicted octanol–water partition coefficient (Wildman–Crippen LogP) is 6.74. The van der Waals surface area contributed by atoms with Crippen molar-refractivity contribution in [2.24, 2.45) is 0 Å². The second-order valence-electron chi connectivity index (χ2n) is 7.35. The van der Waals surface area contributed by atoms with Crippen LogP contribution in [-0.2, 0) is 6.18 Å². The van der Waals surface area contributed by atoms with E-state index in [2.05, 4.69) is 9.97 Å². The molecular weight excluding hydrogens is 423 g/mol. The van der Waals surface area contributed by atoms with Crippen LogP contribution < -0.4 is 9.64 Å². The molecule has 1 aliphatic rings. The molecule has 31 heavy (non-hydrogen) atoms. The standard InChI is InChI=1S/C23H22F3N3OS/c1-29(19-13-7-8-14-20(19)30-16-9-5-6-10-16)22-27-15-18(23(24,25)26)21(28-22)31-17-11-3-2-4-12-17/h2-4,7-8,11-16H,5-6,9-10H2,1H3. The van der Waals surface area contributed by atoms with Gasteiger partial charge in [-0.05, 0) is 49.9 Å². The summed E-state index contributed by atoms with van der Waals surface area (Å²) in [5.41, 5.74) is -0.140. The summed E-state index contributed by atoms with van der Waals surface area (Å²) in [7, 11) is 1.73. The van der Waals surface area contributed by atoms with Gasteiger partial charge in [0.25, 0.3) is 0 Å². The zero-order chi connectivity index (χ0) is 21.8. The molecule has 0 bridgehead atoms. The summed E-state index contributed by atoms with van der Waals surface area (Å²) < 4.78 is 46.9. The molecule has 8 heteroatoms. The van der Waals surface area contributed by atoms with E-state index in [1.165, 1.54) is 0 Å². The Bertz CT molecular complexity index is 1020. The van der Waals surface area contributed by atoms with Crippen LogP contribution in [-0.4, -0.2) is 23.1 Å². The van der Waals surface area contributed by atoms with Crippen molar-refractivity contribution >= 4 is 23.4 Å². The number of alkyl halides is 3. The maximum atomic E-state index is 13.6. The molecule has 162 valence electrons. The normalized spacial score (nSPS) is 14.6. The van der Waals surface area contributed by atoms with Gasteiger partial charge in [-0.1, -0.05) is 42.1 Å². The third-order valence-electron chi connectivity index (χ3n) is 5.13. The summed E-state index contributed by atoms with van der Waals surface area (Å²) in [4.78, 5) is 10.6. The fourth-order valence-electron chi connectivity index (χ4n) is 3.52. The van der Waals surface area contributed by atoms with E-state index in [-0.39, 0.29) is 17.1 Å². The highest BCUT2D eigenvalue weighted by Crippen LogP contribution is 2.40. The van der Waals surface area contributed by atoms with Crippen LogP contribution in [0.1, 0.15) is 31.2 Å². The molecule has 1 heterocycles. The minimum absolute atomic E-state index is 0.134. The zero-order valence-electron chi connectivity index (χ0n) is 17.0. The molecule has 0 aliphatic heterocycles. The van der Waals surface area contributed by atoms with Crippen LogP contribution in [0, 0.1) is 0 Å². The van der Waals surface area contributed by atoms with Crippen molar-refractivity contribution in [3.8, 4) is 5.75 Å². The fourth-order valence-corrected chi connectivity index (χ4v) is 4.44. The van der Waals surface area contributed by atoms with Gasteiger partial charge in [0.2, 0.25) is 5.95 Å². The predicted molar refractivity (Wildman–Crippen MR) is 115 cm³/mol. The Labute approximate surface area is 183 Å². The number of ether oxygens (including phenoxy) is 1. The molecule has 0 radical (unpaired) electrons. The van der Waals surface area contributed by atoms with Crippen molar-refractivity contribution in [1.29, 1.82) is 0 Å². The summed E-state index contributed by atoms with van der Waals surface area (Å²) in [6, 6.07) is 16.3. The number of anilines is 2. The van der Waals surface area contributed by atoms with Crippen molar-refractivity contribution in [2.75, 3.05) is 11.9 Å². The summed E-state index contributed by atoms with van der Waals surface area (Å²) in [5.74, 6) is 0.853. The van der Waals surface area contributed by atoms with Crippen LogP contribution in [0.3, 0.4) is 0 Å². The third-order valence-corrected chi connectivity index (χ3v) is 6.14. The Morgan fingerprint density at radius 3 is 2.39 bits per heavy atom. The van der Waals surface area contributed by atoms with Crippen LogP contribution in [0.2, 0.25) is 0 Å². The van der Waals surface area contributed by atoms with E-state index in [9.17, 15) is 13.2 Å². The Morgan fingerprint density at radius 2 is 1.68 bits per heavy atom. The van der Waals surface area contributed by atoms with Gasteiger partial charge < -0.3 is 9.64 Å². The minimum Gasteiger partial charge on any atom is -0.488 e. The van der Waals surface area contributed by atoms with Crippen molar-refractivity contribution in [1.82, 2.24) is 9.97 Å². The zero-order valence-corrected chi connectivity index (χ0v) is 17.8. The lowest BCUT2D eigenvalue weighted by atomic mass is 10.2. The van der Waals surface area contributed by atoms with Gasteiger partial charge in [-0.15, -0.1) is 0 Å². The first-order valence-electron chi connectivity index (χ1n) is 10.1. The quantitative estimate of drug-likeness (QED) is 0.393. The highest BCUT2D eigenvalue weighted by molar-refractivity contribution is 7.99.